The Hall–Kier alpha value is -1.32. The largest absolute Gasteiger partial charge is 0.464 e. The van der Waals surface area contributed by atoms with Gasteiger partial charge in [-0.25, -0.2) is 4.79 Å². The highest BCUT2D eigenvalue weighted by molar-refractivity contribution is 5.85. The molecule has 0 aliphatic heterocycles. The molecule has 0 aromatic carbocycles. The fraction of sp³-hybridized carbons (Fsp3) is 0.692. The predicted molar refractivity (Wildman–Crippen MR) is 65.3 cm³/mol. The lowest BCUT2D eigenvalue weighted by molar-refractivity contribution is -0.154. The average Bonchev–Trinajstić information content (AvgIpc) is 2.37. The van der Waals surface area contributed by atoms with Gasteiger partial charge in [0, 0.05) is 13.0 Å². The molecular weight excluding hydrogens is 218 g/mol. The minimum atomic E-state index is -0.506. The van der Waals surface area contributed by atoms with E-state index in [4.69, 9.17) is 4.74 Å². The lowest BCUT2D eigenvalue weighted by Gasteiger charge is -2.28. The molecule has 0 spiro atoms. The lowest BCUT2D eigenvalue weighted by atomic mass is 9.93. The van der Waals surface area contributed by atoms with Gasteiger partial charge in [-0.15, -0.1) is 0 Å². The van der Waals surface area contributed by atoms with E-state index in [-0.39, 0.29) is 17.8 Å². The van der Waals surface area contributed by atoms with E-state index in [9.17, 15) is 9.59 Å². The van der Waals surface area contributed by atoms with Crippen LogP contribution in [0.15, 0.2) is 12.2 Å². The Morgan fingerprint density at radius 3 is 2.71 bits per heavy atom. The molecule has 4 nitrogen and oxygen atoms in total. The maximum absolute atomic E-state index is 12.1. The van der Waals surface area contributed by atoms with Crippen LogP contribution in [0.1, 0.15) is 33.1 Å². The number of esters is 1. The molecule has 0 saturated heterocycles. The third-order valence-electron chi connectivity index (χ3n) is 3.17. The van der Waals surface area contributed by atoms with Crippen molar-refractivity contribution in [1.82, 2.24) is 4.90 Å². The molecule has 4 heteroatoms. The molecule has 1 aliphatic carbocycles. The number of rotatable bonds is 4. The highest BCUT2D eigenvalue weighted by Crippen LogP contribution is 2.21. The van der Waals surface area contributed by atoms with Crippen molar-refractivity contribution in [2.24, 2.45) is 5.92 Å². The van der Waals surface area contributed by atoms with E-state index in [1.54, 1.807) is 20.9 Å². The van der Waals surface area contributed by atoms with Crippen molar-refractivity contribution in [3.63, 3.8) is 0 Å². The third kappa shape index (κ3) is 3.58. The summed E-state index contributed by atoms with van der Waals surface area (Å²) in [7, 11) is 1.67. The Morgan fingerprint density at radius 2 is 2.18 bits per heavy atom. The topological polar surface area (TPSA) is 46.6 Å². The summed E-state index contributed by atoms with van der Waals surface area (Å²) in [6.45, 7) is 3.81. The standard InChI is InChI=1S/C13H21NO3/c1-4-17-13(16)10(2)14(3)12(15)11-8-6-5-7-9-11/h5-6,10-11H,4,7-9H2,1-3H3/t10-,11+/m0/s1. The molecule has 0 radical (unpaired) electrons. The van der Waals surface area contributed by atoms with Crippen LogP contribution in [0.5, 0.6) is 0 Å². The van der Waals surface area contributed by atoms with Crippen molar-refractivity contribution in [2.75, 3.05) is 13.7 Å². The summed E-state index contributed by atoms with van der Waals surface area (Å²) in [5.74, 6) is -0.286. The van der Waals surface area contributed by atoms with E-state index in [1.165, 1.54) is 4.90 Å². The molecule has 17 heavy (non-hydrogen) atoms. The monoisotopic (exact) mass is 239 g/mol. The number of allylic oxidation sites excluding steroid dienone is 2. The fourth-order valence-corrected chi connectivity index (χ4v) is 1.92. The third-order valence-corrected chi connectivity index (χ3v) is 3.17. The molecule has 96 valence electrons. The molecule has 0 aromatic rings. The second kappa shape index (κ2) is 6.42. The molecule has 0 N–H and O–H groups in total. The summed E-state index contributed by atoms with van der Waals surface area (Å²) in [5.41, 5.74) is 0. The minimum absolute atomic E-state index is 0.0156. The highest BCUT2D eigenvalue weighted by Gasteiger charge is 2.28. The van der Waals surface area contributed by atoms with E-state index in [2.05, 4.69) is 6.08 Å². The Kier molecular flexibility index (Phi) is 5.19. The molecule has 0 heterocycles. The van der Waals surface area contributed by atoms with Crippen LogP contribution in [-0.4, -0.2) is 36.5 Å². The first-order valence-corrected chi connectivity index (χ1v) is 6.16. The van der Waals surface area contributed by atoms with Gasteiger partial charge in [-0.05, 0) is 33.1 Å². The summed E-state index contributed by atoms with van der Waals surface area (Å²) >= 11 is 0. The van der Waals surface area contributed by atoms with Gasteiger partial charge in [0.25, 0.3) is 0 Å². The maximum atomic E-state index is 12.1. The fourth-order valence-electron chi connectivity index (χ4n) is 1.92. The van der Waals surface area contributed by atoms with Gasteiger partial charge in [0.15, 0.2) is 0 Å². The Bertz CT molecular complexity index is 312. The molecule has 1 aliphatic rings. The molecular formula is C13H21NO3. The number of hydrogen-bond acceptors (Lipinski definition) is 3. The first-order chi connectivity index (χ1) is 8.07. The number of carbonyl (C=O) groups is 2. The van der Waals surface area contributed by atoms with Crippen molar-refractivity contribution >= 4 is 11.9 Å². The van der Waals surface area contributed by atoms with E-state index in [1.807, 2.05) is 6.08 Å². The van der Waals surface area contributed by atoms with Crippen molar-refractivity contribution in [3.8, 4) is 0 Å². The van der Waals surface area contributed by atoms with Crippen molar-refractivity contribution in [3.05, 3.63) is 12.2 Å². The van der Waals surface area contributed by atoms with Crippen LogP contribution in [0, 0.1) is 5.92 Å². The zero-order valence-corrected chi connectivity index (χ0v) is 10.8. The normalized spacial score (nSPS) is 20.8. The summed E-state index contributed by atoms with van der Waals surface area (Å²) in [6, 6.07) is -0.506. The van der Waals surface area contributed by atoms with E-state index in [0.717, 1.165) is 19.3 Å². The van der Waals surface area contributed by atoms with Gasteiger partial charge in [0.05, 0.1) is 6.61 Å². The van der Waals surface area contributed by atoms with Gasteiger partial charge in [0.1, 0.15) is 6.04 Å². The smallest absolute Gasteiger partial charge is 0.328 e. The van der Waals surface area contributed by atoms with E-state index < -0.39 is 6.04 Å². The number of ether oxygens (including phenoxy) is 1. The van der Waals surface area contributed by atoms with Crippen LogP contribution < -0.4 is 0 Å². The van der Waals surface area contributed by atoms with Crippen molar-refractivity contribution in [1.29, 1.82) is 0 Å². The minimum Gasteiger partial charge on any atom is -0.464 e. The second-order valence-electron chi connectivity index (χ2n) is 4.36. The highest BCUT2D eigenvalue weighted by atomic mass is 16.5. The van der Waals surface area contributed by atoms with Crippen LogP contribution in [0.3, 0.4) is 0 Å². The predicted octanol–water partition coefficient (Wildman–Crippen LogP) is 1.75. The van der Waals surface area contributed by atoms with Crippen LogP contribution in [0.4, 0.5) is 0 Å². The van der Waals surface area contributed by atoms with Gasteiger partial charge in [-0.2, -0.15) is 0 Å². The molecule has 0 saturated carbocycles. The van der Waals surface area contributed by atoms with Crippen molar-refractivity contribution < 1.29 is 14.3 Å². The zero-order valence-electron chi connectivity index (χ0n) is 10.8. The van der Waals surface area contributed by atoms with Crippen LogP contribution in [-0.2, 0) is 14.3 Å². The lowest BCUT2D eigenvalue weighted by Crippen LogP contribution is -2.44. The van der Waals surface area contributed by atoms with Gasteiger partial charge >= 0.3 is 5.97 Å². The zero-order chi connectivity index (χ0) is 12.8. The first kappa shape index (κ1) is 13.7. The number of likely N-dealkylation sites (N-methyl/N-ethyl adjacent to an activating group) is 1. The molecule has 0 aromatic heterocycles. The molecule has 1 rings (SSSR count). The van der Waals surface area contributed by atoms with Crippen LogP contribution in [0.2, 0.25) is 0 Å². The summed E-state index contributed by atoms with van der Waals surface area (Å²) in [4.78, 5) is 25.2. The average molecular weight is 239 g/mol. The second-order valence-corrected chi connectivity index (χ2v) is 4.36. The SMILES string of the molecule is CCOC(=O)[C@H](C)N(C)C(=O)[C@@H]1CC=CCC1. The van der Waals surface area contributed by atoms with E-state index >= 15 is 0 Å². The Morgan fingerprint density at radius 1 is 1.47 bits per heavy atom. The Balaban J connectivity index is 2.56. The van der Waals surface area contributed by atoms with Gasteiger partial charge in [0.2, 0.25) is 5.91 Å². The van der Waals surface area contributed by atoms with Gasteiger partial charge in [-0.3, -0.25) is 4.79 Å². The quantitative estimate of drug-likeness (QED) is 0.554. The van der Waals surface area contributed by atoms with Crippen LogP contribution >= 0.6 is 0 Å². The number of hydrogen-bond donors (Lipinski definition) is 0. The van der Waals surface area contributed by atoms with Crippen LogP contribution in [0.25, 0.3) is 0 Å². The van der Waals surface area contributed by atoms with E-state index in [0.29, 0.717) is 6.61 Å². The van der Waals surface area contributed by atoms with Gasteiger partial charge < -0.3 is 9.64 Å². The summed E-state index contributed by atoms with van der Waals surface area (Å²) in [6.07, 6.45) is 6.72. The number of amides is 1. The number of carbonyl (C=O) groups excluding carboxylic acids is 2. The van der Waals surface area contributed by atoms with Gasteiger partial charge in [-0.1, -0.05) is 12.2 Å². The Labute approximate surface area is 103 Å². The molecule has 0 bridgehead atoms. The molecule has 1 amide bonds. The molecule has 0 fully saturated rings. The number of nitrogens with zero attached hydrogens (tertiary/aromatic N) is 1. The first-order valence-electron chi connectivity index (χ1n) is 6.16. The molecule has 0 unspecified atom stereocenters. The summed E-state index contributed by atoms with van der Waals surface area (Å²) < 4.78 is 4.92. The molecule has 2 atom stereocenters. The van der Waals surface area contributed by atoms with Crippen molar-refractivity contribution in [2.45, 2.75) is 39.2 Å². The summed E-state index contributed by atoms with van der Waals surface area (Å²) in [5, 5.41) is 0. The maximum Gasteiger partial charge on any atom is 0.328 e.